The summed E-state index contributed by atoms with van der Waals surface area (Å²) in [6.07, 6.45) is 2.13. The standard InChI is InChI=1S/C25H20N6O2/c32-25(28-19-8-2-1-3-9-19)31-14-21-20(26-15-27-21)13-22(31)24-29-23(30-33-24)18-11-10-16-6-4-5-7-17(16)12-18/h1-12,15,22H,13-14H2,(H,26,27)(H,28,32)/t22-/m0/s1. The number of carbonyl (C=O) groups is 1. The van der Waals surface area contributed by atoms with Crippen LogP contribution in [0.5, 0.6) is 0 Å². The van der Waals surface area contributed by atoms with Gasteiger partial charge in [0.05, 0.1) is 24.3 Å². The molecule has 3 heterocycles. The highest BCUT2D eigenvalue weighted by Crippen LogP contribution is 2.33. The molecular formula is C25H20N6O2. The molecule has 0 bridgehead atoms. The molecule has 1 atom stereocenters. The molecule has 0 saturated heterocycles. The fourth-order valence-corrected chi connectivity index (χ4v) is 4.20. The van der Waals surface area contributed by atoms with E-state index in [1.807, 2.05) is 60.7 Å². The second kappa shape index (κ2) is 7.90. The van der Waals surface area contributed by atoms with Crippen molar-refractivity contribution in [1.29, 1.82) is 0 Å². The van der Waals surface area contributed by atoms with Crippen molar-refractivity contribution in [2.24, 2.45) is 0 Å². The molecular weight excluding hydrogens is 416 g/mol. The Kier molecular flexibility index (Phi) is 4.61. The van der Waals surface area contributed by atoms with E-state index in [0.717, 1.165) is 33.4 Å². The highest BCUT2D eigenvalue weighted by molar-refractivity contribution is 5.89. The maximum Gasteiger partial charge on any atom is 0.322 e. The van der Waals surface area contributed by atoms with Crippen molar-refractivity contribution >= 4 is 22.5 Å². The lowest BCUT2D eigenvalue weighted by atomic mass is 10.0. The number of urea groups is 1. The zero-order valence-electron chi connectivity index (χ0n) is 17.6. The van der Waals surface area contributed by atoms with E-state index in [4.69, 9.17) is 4.52 Å². The number of rotatable bonds is 3. The van der Waals surface area contributed by atoms with Gasteiger partial charge in [-0.05, 0) is 29.0 Å². The molecule has 1 aliphatic heterocycles. The summed E-state index contributed by atoms with van der Waals surface area (Å²) in [5.41, 5.74) is 3.39. The number of benzene rings is 3. The third kappa shape index (κ3) is 3.61. The van der Waals surface area contributed by atoms with Gasteiger partial charge in [0.2, 0.25) is 11.7 Å². The highest BCUT2D eigenvalue weighted by Gasteiger charge is 2.36. The van der Waals surface area contributed by atoms with E-state index in [0.29, 0.717) is 24.7 Å². The van der Waals surface area contributed by atoms with E-state index in [9.17, 15) is 4.79 Å². The SMILES string of the molecule is O=C(Nc1ccccc1)N1Cc2[nH]cnc2C[C@H]1c1nc(-c2ccc3ccccc3c2)no1. The van der Waals surface area contributed by atoms with Gasteiger partial charge in [-0.1, -0.05) is 59.8 Å². The number of aromatic amines is 1. The first-order chi connectivity index (χ1) is 16.2. The van der Waals surface area contributed by atoms with Crippen LogP contribution in [0.25, 0.3) is 22.2 Å². The number of carbonyl (C=O) groups excluding carboxylic acids is 1. The van der Waals surface area contributed by atoms with Crippen molar-refractivity contribution < 1.29 is 9.32 Å². The average molecular weight is 436 g/mol. The topological polar surface area (TPSA) is 99.9 Å². The van der Waals surface area contributed by atoms with Crippen LogP contribution in [0.3, 0.4) is 0 Å². The van der Waals surface area contributed by atoms with Gasteiger partial charge in [-0.25, -0.2) is 9.78 Å². The van der Waals surface area contributed by atoms with E-state index >= 15 is 0 Å². The number of anilines is 1. The van der Waals surface area contributed by atoms with Gasteiger partial charge in [-0.2, -0.15) is 4.98 Å². The first-order valence-corrected chi connectivity index (χ1v) is 10.7. The molecule has 33 heavy (non-hydrogen) atoms. The number of hydrogen-bond donors (Lipinski definition) is 2. The molecule has 0 radical (unpaired) electrons. The molecule has 0 aliphatic carbocycles. The number of nitrogens with zero attached hydrogens (tertiary/aromatic N) is 4. The Bertz CT molecular complexity index is 1440. The van der Waals surface area contributed by atoms with Gasteiger partial charge >= 0.3 is 6.03 Å². The van der Waals surface area contributed by atoms with Crippen molar-refractivity contribution in [3.8, 4) is 11.4 Å². The Balaban J connectivity index is 1.32. The quantitative estimate of drug-likeness (QED) is 0.417. The molecule has 2 aromatic heterocycles. The second-order valence-corrected chi connectivity index (χ2v) is 7.99. The first kappa shape index (κ1) is 19.2. The maximum atomic E-state index is 13.2. The molecule has 0 spiro atoms. The average Bonchev–Trinajstić information content (AvgIpc) is 3.53. The van der Waals surface area contributed by atoms with E-state index < -0.39 is 6.04 Å². The van der Waals surface area contributed by atoms with E-state index in [1.165, 1.54) is 0 Å². The lowest BCUT2D eigenvalue weighted by Gasteiger charge is -2.32. The molecule has 1 aliphatic rings. The Morgan fingerprint density at radius 3 is 2.73 bits per heavy atom. The molecule has 0 fully saturated rings. The largest absolute Gasteiger partial charge is 0.347 e. The first-order valence-electron chi connectivity index (χ1n) is 10.7. The zero-order chi connectivity index (χ0) is 22.2. The Hall–Kier alpha value is -4.46. The monoisotopic (exact) mass is 436 g/mol. The van der Waals surface area contributed by atoms with Crippen molar-refractivity contribution in [2.45, 2.75) is 19.0 Å². The molecule has 2 N–H and O–H groups in total. The van der Waals surface area contributed by atoms with E-state index in [-0.39, 0.29) is 6.03 Å². The summed E-state index contributed by atoms with van der Waals surface area (Å²) in [6, 6.07) is 22.9. The van der Waals surface area contributed by atoms with Gasteiger partial charge in [-0.15, -0.1) is 0 Å². The van der Waals surface area contributed by atoms with Crippen molar-refractivity contribution in [1.82, 2.24) is 25.0 Å². The molecule has 6 rings (SSSR count). The molecule has 5 aromatic rings. The Morgan fingerprint density at radius 2 is 1.85 bits per heavy atom. The summed E-state index contributed by atoms with van der Waals surface area (Å²) in [4.78, 5) is 27.1. The second-order valence-electron chi connectivity index (χ2n) is 7.99. The minimum atomic E-state index is -0.425. The molecule has 8 heteroatoms. The fraction of sp³-hybridized carbons (Fsp3) is 0.120. The molecule has 0 saturated carbocycles. The van der Waals surface area contributed by atoms with Crippen LogP contribution in [0.1, 0.15) is 23.3 Å². The number of aromatic nitrogens is 4. The minimum Gasteiger partial charge on any atom is -0.347 e. The normalized spacial score (nSPS) is 15.4. The predicted molar refractivity (Wildman–Crippen MR) is 123 cm³/mol. The summed E-state index contributed by atoms with van der Waals surface area (Å²) < 4.78 is 5.67. The summed E-state index contributed by atoms with van der Waals surface area (Å²) in [5.74, 6) is 0.877. The molecule has 2 amide bonds. The Labute approximate surface area is 189 Å². The predicted octanol–water partition coefficient (Wildman–Crippen LogP) is 4.94. The van der Waals surface area contributed by atoms with Crippen LogP contribution < -0.4 is 5.32 Å². The third-order valence-electron chi connectivity index (χ3n) is 5.92. The van der Waals surface area contributed by atoms with Crippen LogP contribution in [-0.4, -0.2) is 31.0 Å². The van der Waals surface area contributed by atoms with E-state index in [2.05, 4.69) is 37.6 Å². The van der Waals surface area contributed by atoms with Crippen LogP contribution in [0.4, 0.5) is 10.5 Å². The highest BCUT2D eigenvalue weighted by atomic mass is 16.5. The summed E-state index contributed by atoms with van der Waals surface area (Å²) in [6.45, 7) is 0.367. The number of amides is 2. The van der Waals surface area contributed by atoms with Crippen molar-refractivity contribution in [2.75, 3.05) is 5.32 Å². The maximum absolute atomic E-state index is 13.2. The Morgan fingerprint density at radius 1 is 1.03 bits per heavy atom. The van der Waals surface area contributed by atoms with Gasteiger partial charge in [-0.3, -0.25) is 0 Å². The molecule has 162 valence electrons. The summed E-state index contributed by atoms with van der Waals surface area (Å²) in [7, 11) is 0. The number of nitrogens with one attached hydrogen (secondary N) is 2. The smallest absolute Gasteiger partial charge is 0.322 e. The van der Waals surface area contributed by atoms with Gasteiger partial charge < -0.3 is 19.7 Å². The van der Waals surface area contributed by atoms with Gasteiger partial charge in [0, 0.05) is 17.7 Å². The van der Waals surface area contributed by atoms with Crippen LogP contribution in [0.2, 0.25) is 0 Å². The number of hydrogen-bond acceptors (Lipinski definition) is 5. The van der Waals surface area contributed by atoms with Gasteiger partial charge in [0.25, 0.3) is 0 Å². The van der Waals surface area contributed by atoms with Crippen LogP contribution in [-0.2, 0) is 13.0 Å². The summed E-state index contributed by atoms with van der Waals surface area (Å²) in [5, 5.41) is 9.42. The number of fused-ring (bicyclic) bond motifs is 2. The van der Waals surface area contributed by atoms with E-state index in [1.54, 1.807) is 11.2 Å². The van der Waals surface area contributed by atoms with Crippen LogP contribution >= 0.6 is 0 Å². The van der Waals surface area contributed by atoms with Crippen molar-refractivity contribution in [3.63, 3.8) is 0 Å². The van der Waals surface area contributed by atoms with Crippen LogP contribution in [0, 0.1) is 0 Å². The molecule has 0 unspecified atom stereocenters. The summed E-state index contributed by atoms with van der Waals surface area (Å²) >= 11 is 0. The number of H-pyrrole nitrogens is 1. The van der Waals surface area contributed by atoms with Gasteiger partial charge in [0.15, 0.2) is 0 Å². The number of para-hydroxylation sites is 1. The minimum absolute atomic E-state index is 0.239. The molecule has 8 nitrogen and oxygen atoms in total. The molecule has 3 aromatic carbocycles. The lowest BCUT2D eigenvalue weighted by Crippen LogP contribution is -2.41. The van der Waals surface area contributed by atoms with Crippen LogP contribution in [0.15, 0.2) is 83.6 Å². The van der Waals surface area contributed by atoms with Crippen molar-refractivity contribution in [3.05, 3.63) is 96.4 Å². The number of imidazole rings is 1. The fourth-order valence-electron chi connectivity index (χ4n) is 4.20. The zero-order valence-corrected chi connectivity index (χ0v) is 17.6. The lowest BCUT2D eigenvalue weighted by molar-refractivity contribution is 0.155. The third-order valence-corrected chi connectivity index (χ3v) is 5.92. The van der Waals surface area contributed by atoms with Gasteiger partial charge in [0.1, 0.15) is 6.04 Å².